The van der Waals surface area contributed by atoms with Gasteiger partial charge in [0.15, 0.2) is 0 Å². The molecule has 0 radical (unpaired) electrons. The van der Waals surface area contributed by atoms with Crippen molar-refractivity contribution < 1.29 is 14.3 Å². The molecule has 1 rings (SSSR count). The summed E-state index contributed by atoms with van der Waals surface area (Å²) in [6.45, 7) is 4.93. The maximum atomic E-state index is 12.1. The van der Waals surface area contributed by atoms with Crippen LogP contribution in [0.15, 0.2) is 0 Å². The molecule has 1 atom stereocenters. The maximum Gasteiger partial charge on any atom is 0.239 e. The van der Waals surface area contributed by atoms with Crippen molar-refractivity contribution in [2.45, 2.75) is 32.2 Å². The second kappa shape index (κ2) is 8.12. The number of amides is 2. The highest BCUT2D eigenvalue weighted by atomic mass is 16.5. The third kappa shape index (κ3) is 4.80. The fourth-order valence-corrected chi connectivity index (χ4v) is 2.21. The van der Waals surface area contributed by atoms with Crippen molar-refractivity contribution in [2.75, 3.05) is 39.9 Å². The Labute approximate surface area is 114 Å². The van der Waals surface area contributed by atoms with Crippen LogP contribution in [-0.2, 0) is 14.3 Å². The molecule has 1 unspecified atom stereocenters. The third-order valence-corrected chi connectivity index (χ3v) is 3.41. The molecule has 0 aromatic rings. The fourth-order valence-electron chi connectivity index (χ4n) is 2.21. The Kier molecular flexibility index (Phi) is 6.80. The Morgan fingerprint density at radius 3 is 2.47 bits per heavy atom. The van der Waals surface area contributed by atoms with Crippen LogP contribution in [0.1, 0.15) is 26.2 Å². The van der Waals surface area contributed by atoms with Crippen LogP contribution in [-0.4, -0.2) is 67.6 Å². The first-order valence-corrected chi connectivity index (χ1v) is 6.91. The topological polar surface area (TPSA) is 75.9 Å². The highest BCUT2D eigenvalue weighted by Crippen LogP contribution is 2.07. The Hall–Kier alpha value is -1.14. The third-order valence-electron chi connectivity index (χ3n) is 3.41. The van der Waals surface area contributed by atoms with E-state index in [-0.39, 0.29) is 11.8 Å². The van der Waals surface area contributed by atoms with Crippen molar-refractivity contribution in [3.8, 4) is 0 Å². The number of hydrogen-bond donors (Lipinski definition) is 1. The molecule has 1 aliphatic rings. The van der Waals surface area contributed by atoms with Gasteiger partial charge < -0.3 is 20.3 Å². The lowest BCUT2D eigenvalue weighted by molar-refractivity contribution is -0.134. The Morgan fingerprint density at radius 2 is 1.84 bits per heavy atom. The van der Waals surface area contributed by atoms with Gasteiger partial charge in [0, 0.05) is 46.3 Å². The summed E-state index contributed by atoms with van der Waals surface area (Å²) in [5, 5.41) is 0. The summed E-state index contributed by atoms with van der Waals surface area (Å²) in [6, 6.07) is -0.506. The van der Waals surface area contributed by atoms with E-state index in [0.717, 1.165) is 13.0 Å². The summed E-state index contributed by atoms with van der Waals surface area (Å²) >= 11 is 0. The minimum atomic E-state index is -0.506. The van der Waals surface area contributed by atoms with Gasteiger partial charge in [0.1, 0.15) is 0 Å². The molecule has 1 heterocycles. The van der Waals surface area contributed by atoms with Crippen LogP contribution in [0.4, 0.5) is 0 Å². The molecule has 1 aliphatic heterocycles. The summed E-state index contributed by atoms with van der Waals surface area (Å²) in [5.74, 6) is 0.112. The summed E-state index contributed by atoms with van der Waals surface area (Å²) in [7, 11) is 1.59. The Bertz CT molecular complexity index is 310. The molecule has 2 amide bonds. The lowest BCUT2D eigenvalue weighted by Crippen LogP contribution is -2.46. The van der Waals surface area contributed by atoms with E-state index in [4.69, 9.17) is 10.5 Å². The minimum Gasteiger partial charge on any atom is -0.385 e. The predicted octanol–water partition coefficient (Wildman–Crippen LogP) is -0.179. The quantitative estimate of drug-likeness (QED) is 0.752. The number of methoxy groups -OCH3 is 1. The highest BCUT2D eigenvalue weighted by molar-refractivity contribution is 5.82. The van der Waals surface area contributed by atoms with Gasteiger partial charge in [-0.25, -0.2) is 0 Å². The first kappa shape index (κ1) is 15.9. The van der Waals surface area contributed by atoms with Crippen LogP contribution >= 0.6 is 0 Å². The van der Waals surface area contributed by atoms with E-state index < -0.39 is 6.04 Å². The standard InChI is InChI=1S/C13H25N3O3/c1-3-12(17)15-6-4-7-16(9-8-15)13(18)11(14)5-10-19-2/h11H,3-10,14H2,1-2H3. The molecular formula is C13H25N3O3. The molecule has 0 aromatic carbocycles. The number of carbonyl (C=O) groups excluding carboxylic acids is 2. The second-order valence-electron chi connectivity index (χ2n) is 4.80. The molecule has 2 N–H and O–H groups in total. The van der Waals surface area contributed by atoms with Gasteiger partial charge >= 0.3 is 0 Å². The van der Waals surface area contributed by atoms with Gasteiger partial charge in [-0.15, -0.1) is 0 Å². The first-order valence-electron chi connectivity index (χ1n) is 6.91. The van der Waals surface area contributed by atoms with Crippen LogP contribution in [0.25, 0.3) is 0 Å². The molecule has 0 aromatic heterocycles. The SMILES string of the molecule is CCC(=O)N1CCCN(C(=O)C(N)CCOC)CC1. The van der Waals surface area contributed by atoms with Crippen LogP contribution in [0.5, 0.6) is 0 Å². The molecule has 6 heteroatoms. The van der Waals surface area contributed by atoms with Crippen molar-refractivity contribution >= 4 is 11.8 Å². The number of nitrogens with two attached hydrogens (primary N) is 1. The van der Waals surface area contributed by atoms with E-state index in [1.54, 1.807) is 12.0 Å². The summed E-state index contributed by atoms with van der Waals surface area (Å²) < 4.78 is 4.93. The summed E-state index contributed by atoms with van der Waals surface area (Å²) in [4.78, 5) is 27.4. The first-order chi connectivity index (χ1) is 9.10. The molecule has 1 saturated heterocycles. The van der Waals surface area contributed by atoms with Gasteiger partial charge in [-0.2, -0.15) is 0 Å². The summed E-state index contributed by atoms with van der Waals surface area (Å²) in [5.41, 5.74) is 5.85. The molecule has 0 spiro atoms. The maximum absolute atomic E-state index is 12.1. The number of rotatable bonds is 5. The molecule has 1 fully saturated rings. The van der Waals surface area contributed by atoms with E-state index >= 15 is 0 Å². The number of ether oxygens (including phenoxy) is 1. The van der Waals surface area contributed by atoms with Gasteiger partial charge in [-0.1, -0.05) is 6.92 Å². The van der Waals surface area contributed by atoms with E-state index in [1.807, 2.05) is 11.8 Å². The molecule has 0 saturated carbocycles. The normalized spacial score (nSPS) is 18.1. The van der Waals surface area contributed by atoms with Crippen LogP contribution in [0.3, 0.4) is 0 Å². The van der Waals surface area contributed by atoms with Crippen molar-refractivity contribution in [1.82, 2.24) is 9.80 Å². The van der Waals surface area contributed by atoms with E-state index in [9.17, 15) is 9.59 Å². The molecule has 0 aliphatic carbocycles. The smallest absolute Gasteiger partial charge is 0.239 e. The zero-order chi connectivity index (χ0) is 14.3. The molecule has 110 valence electrons. The van der Waals surface area contributed by atoms with Crippen LogP contribution in [0, 0.1) is 0 Å². The van der Waals surface area contributed by atoms with Crippen LogP contribution < -0.4 is 5.73 Å². The second-order valence-corrected chi connectivity index (χ2v) is 4.80. The zero-order valence-corrected chi connectivity index (χ0v) is 11.9. The molecule has 0 bridgehead atoms. The fraction of sp³-hybridized carbons (Fsp3) is 0.846. The average Bonchev–Trinajstić information content (AvgIpc) is 2.68. The van der Waals surface area contributed by atoms with E-state index in [2.05, 4.69) is 0 Å². The van der Waals surface area contributed by atoms with E-state index in [0.29, 0.717) is 39.1 Å². The van der Waals surface area contributed by atoms with Gasteiger partial charge in [-0.05, 0) is 12.8 Å². The number of carbonyl (C=O) groups is 2. The molecule has 6 nitrogen and oxygen atoms in total. The lowest BCUT2D eigenvalue weighted by Gasteiger charge is -2.24. The van der Waals surface area contributed by atoms with Gasteiger partial charge in [0.05, 0.1) is 6.04 Å². The lowest BCUT2D eigenvalue weighted by atomic mass is 10.2. The van der Waals surface area contributed by atoms with Gasteiger partial charge in [0.2, 0.25) is 11.8 Å². The number of nitrogens with zero attached hydrogens (tertiary/aromatic N) is 2. The van der Waals surface area contributed by atoms with E-state index in [1.165, 1.54) is 0 Å². The Morgan fingerprint density at radius 1 is 1.21 bits per heavy atom. The molecule has 19 heavy (non-hydrogen) atoms. The average molecular weight is 271 g/mol. The Balaban J connectivity index is 2.47. The number of hydrogen-bond acceptors (Lipinski definition) is 4. The monoisotopic (exact) mass is 271 g/mol. The highest BCUT2D eigenvalue weighted by Gasteiger charge is 2.24. The zero-order valence-electron chi connectivity index (χ0n) is 11.9. The van der Waals surface area contributed by atoms with Gasteiger partial charge in [-0.3, -0.25) is 9.59 Å². The van der Waals surface area contributed by atoms with Crippen LogP contribution in [0.2, 0.25) is 0 Å². The predicted molar refractivity (Wildman–Crippen MR) is 72.5 cm³/mol. The minimum absolute atomic E-state index is 0.0390. The summed E-state index contributed by atoms with van der Waals surface area (Å²) in [6.07, 6.45) is 1.86. The molecular weight excluding hydrogens is 246 g/mol. The van der Waals surface area contributed by atoms with Crippen molar-refractivity contribution in [1.29, 1.82) is 0 Å². The largest absolute Gasteiger partial charge is 0.385 e. The van der Waals surface area contributed by atoms with Crippen molar-refractivity contribution in [2.24, 2.45) is 5.73 Å². The van der Waals surface area contributed by atoms with Crippen molar-refractivity contribution in [3.05, 3.63) is 0 Å². The van der Waals surface area contributed by atoms with Crippen molar-refractivity contribution in [3.63, 3.8) is 0 Å². The van der Waals surface area contributed by atoms with Gasteiger partial charge in [0.25, 0.3) is 0 Å².